The Morgan fingerprint density at radius 1 is 1.37 bits per heavy atom. The van der Waals surface area contributed by atoms with Gasteiger partial charge >= 0.3 is 0 Å². The van der Waals surface area contributed by atoms with Crippen molar-refractivity contribution in [2.24, 2.45) is 10.1 Å². The smallest absolute Gasteiger partial charge is 0.270 e. The topological polar surface area (TPSA) is 112 Å². The molecule has 140 valence electrons. The lowest BCUT2D eigenvalue weighted by Gasteiger charge is -2.02. The van der Waals surface area contributed by atoms with Crippen molar-refractivity contribution in [3.63, 3.8) is 0 Å². The minimum Gasteiger partial charge on any atom is -0.305 e. The van der Waals surface area contributed by atoms with Crippen molar-refractivity contribution in [3.05, 3.63) is 40.5 Å². The van der Waals surface area contributed by atoms with E-state index in [1.165, 1.54) is 23.5 Å². The first-order valence-corrected chi connectivity index (χ1v) is 10.2. The summed E-state index contributed by atoms with van der Waals surface area (Å²) in [6.07, 6.45) is 5.43. The van der Waals surface area contributed by atoms with Crippen molar-refractivity contribution in [1.82, 2.24) is 14.3 Å². The number of hydrogen-bond acceptors (Lipinski definition) is 5. The van der Waals surface area contributed by atoms with Crippen molar-refractivity contribution in [3.8, 4) is 12.3 Å². The molecule has 0 fully saturated rings. The quantitative estimate of drug-likeness (QED) is 0.653. The van der Waals surface area contributed by atoms with Gasteiger partial charge in [-0.2, -0.15) is 10.1 Å². The highest BCUT2D eigenvalue weighted by Crippen LogP contribution is 2.21. The molecule has 8 nitrogen and oxygen atoms in total. The highest BCUT2D eigenvalue weighted by Gasteiger charge is 2.13. The van der Waals surface area contributed by atoms with Gasteiger partial charge in [-0.25, -0.2) is 13.6 Å². The van der Waals surface area contributed by atoms with E-state index in [1.54, 1.807) is 15.3 Å². The summed E-state index contributed by atoms with van der Waals surface area (Å²) in [5, 5.41) is 9.44. The predicted molar refractivity (Wildman–Crippen MR) is 102 cm³/mol. The van der Waals surface area contributed by atoms with Gasteiger partial charge in [0, 0.05) is 5.69 Å². The second-order valence-corrected chi connectivity index (χ2v) is 8.51. The van der Waals surface area contributed by atoms with Crippen molar-refractivity contribution in [1.29, 1.82) is 0 Å². The van der Waals surface area contributed by atoms with E-state index >= 15 is 0 Å². The van der Waals surface area contributed by atoms with Gasteiger partial charge in [0.05, 0.1) is 27.4 Å². The molecule has 10 heteroatoms. The van der Waals surface area contributed by atoms with E-state index in [9.17, 15) is 13.2 Å². The number of aryl methyl sites for hydroxylation is 2. The van der Waals surface area contributed by atoms with Crippen LogP contribution in [0.15, 0.2) is 34.2 Å². The Morgan fingerprint density at radius 2 is 2.11 bits per heavy atom. The average molecular weight is 403 g/mol. The van der Waals surface area contributed by atoms with Crippen LogP contribution in [0, 0.1) is 26.2 Å². The maximum absolute atomic E-state index is 12.4. The van der Waals surface area contributed by atoms with Crippen molar-refractivity contribution in [2.45, 2.75) is 31.8 Å². The molecule has 0 aliphatic carbocycles. The Balaban J connectivity index is 2.07. The average Bonchev–Trinajstić information content (AvgIpc) is 3.06. The lowest BCUT2D eigenvalue weighted by atomic mass is 10.3. The van der Waals surface area contributed by atoms with Gasteiger partial charge in [-0.1, -0.05) is 17.3 Å². The first-order valence-electron chi connectivity index (χ1n) is 7.87. The standard InChI is InChI=1S/C17H17N5O3S2/c1-4-7-21-14-6-5-13(27(18,24)25)9-15(14)26-17(21)19-16(23)10-22-12(3)8-11(2)20-22/h1,5-6,8-9H,7,10H2,2-3H3,(H2,18,24,25). The summed E-state index contributed by atoms with van der Waals surface area (Å²) in [7, 11) is -3.83. The molecular weight excluding hydrogens is 386 g/mol. The molecule has 0 aliphatic heterocycles. The number of sulfonamides is 1. The van der Waals surface area contributed by atoms with Crippen LogP contribution in [0.2, 0.25) is 0 Å². The van der Waals surface area contributed by atoms with Crippen molar-refractivity contribution in [2.75, 3.05) is 0 Å². The number of carbonyl (C=O) groups is 1. The predicted octanol–water partition coefficient (Wildman–Crippen LogP) is 0.924. The first-order chi connectivity index (χ1) is 12.7. The molecule has 0 saturated heterocycles. The van der Waals surface area contributed by atoms with E-state index in [1.807, 2.05) is 19.9 Å². The molecule has 2 aromatic heterocycles. The highest BCUT2D eigenvalue weighted by atomic mass is 32.2. The number of rotatable bonds is 4. The van der Waals surface area contributed by atoms with Gasteiger partial charge < -0.3 is 4.57 Å². The van der Waals surface area contributed by atoms with Gasteiger partial charge in [-0.05, 0) is 38.1 Å². The Bertz CT molecular complexity index is 1260. The Labute approximate surface area is 160 Å². The van der Waals surface area contributed by atoms with E-state index in [0.717, 1.165) is 11.4 Å². The third kappa shape index (κ3) is 4.00. The van der Waals surface area contributed by atoms with Crippen LogP contribution in [0.5, 0.6) is 0 Å². The Kier molecular flexibility index (Phi) is 5.01. The number of hydrogen-bond donors (Lipinski definition) is 1. The maximum Gasteiger partial charge on any atom is 0.270 e. The summed E-state index contributed by atoms with van der Waals surface area (Å²) < 4.78 is 27.0. The zero-order chi connectivity index (χ0) is 19.8. The molecule has 0 radical (unpaired) electrons. The van der Waals surface area contributed by atoms with E-state index in [4.69, 9.17) is 11.6 Å². The normalized spacial score (nSPS) is 12.4. The molecule has 2 heterocycles. The van der Waals surface area contributed by atoms with Crippen molar-refractivity contribution >= 4 is 37.5 Å². The maximum atomic E-state index is 12.4. The molecule has 3 aromatic rings. The van der Waals surface area contributed by atoms with Crippen LogP contribution in [-0.2, 0) is 27.9 Å². The lowest BCUT2D eigenvalue weighted by molar-refractivity contribution is -0.118. The van der Waals surface area contributed by atoms with Crippen LogP contribution in [0.3, 0.4) is 0 Å². The van der Waals surface area contributed by atoms with Gasteiger partial charge in [-0.15, -0.1) is 6.42 Å². The third-order valence-electron chi connectivity index (χ3n) is 3.84. The molecule has 1 aromatic carbocycles. The van der Waals surface area contributed by atoms with Gasteiger partial charge in [-0.3, -0.25) is 9.48 Å². The fraction of sp³-hybridized carbons (Fsp3) is 0.235. The Hall–Kier alpha value is -2.74. The number of nitrogens with two attached hydrogens (primary N) is 1. The summed E-state index contributed by atoms with van der Waals surface area (Å²) in [6, 6.07) is 6.33. The van der Waals surface area contributed by atoms with Crippen LogP contribution in [0.25, 0.3) is 10.2 Å². The number of fused-ring (bicyclic) bond motifs is 1. The van der Waals surface area contributed by atoms with Gasteiger partial charge in [0.15, 0.2) is 4.80 Å². The molecule has 0 saturated carbocycles. The number of terminal acetylenes is 1. The second kappa shape index (κ2) is 7.11. The number of aromatic nitrogens is 3. The third-order valence-corrected chi connectivity index (χ3v) is 5.79. The Morgan fingerprint density at radius 3 is 2.70 bits per heavy atom. The van der Waals surface area contributed by atoms with E-state index in [0.29, 0.717) is 15.0 Å². The number of benzene rings is 1. The van der Waals surface area contributed by atoms with Crippen LogP contribution in [-0.4, -0.2) is 28.7 Å². The van der Waals surface area contributed by atoms with Crippen LogP contribution in [0.1, 0.15) is 11.4 Å². The van der Waals surface area contributed by atoms with Crippen LogP contribution < -0.4 is 9.94 Å². The molecular formula is C17H17N5O3S2. The summed E-state index contributed by atoms with van der Waals surface area (Å²) in [6.45, 7) is 3.91. The van der Waals surface area contributed by atoms with Crippen LogP contribution in [0.4, 0.5) is 0 Å². The van der Waals surface area contributed by atoms with E-state index in [2.05, 4.69) is 16.0 Å². The minimum atomic E-state index is -3.83. The lowest BCUT2D eigenvalue weighted by Crippen LogP contribution is -2.19. The summed E-state index contributed by atoms with van der Waals surface area (Å²) in [5.74, 6) is 2.14. The molecule has 0 bridgehead atoms. The zero-order valence-corrected chi connectivity index (χ0v) is 16.3. The molecule has 27 heavy (non-hydrogen) atoms. The van der Waals surface area contributed by atoms with E-state index in [-0.39, 0.29) is 23.9 Å². The largest absolute Gasteiger partial charge is 0.305 e. The molecule has 0 aliphatic rings. The fourth-order valence-corrected chi connectivity index (χ4v) is 4.37. The first kappa shape index (κ1) is 19.0. The number of primary sulfonamides is 1. The van der Waals surface area contributed by atoms with E-state index < -0.39 is 10.0 Å². The molecule has 3 rings (SSSR count). The molecule has 0 spiro atoms. The monoisotopic (exact) mass is 403 g/mol. The summed E-state index contributed by atoms with van der Waals surface area (Å²) >= 11 is 1.17. The summed E-state index contributed by atoms with van der Waals surface area (Å²) in [5.41, 5.74) is 2.37. The fourth-order valence-electron chi connectivity index (χ4n) is 2.67. The van der Waals surface area contributed by atoms with Crippen LogP contribution >= 0.6 is 11.3 Å². The minimum absolute atomic E-state index is 0.00635. The zero-order valence-electron chi connectivity index (χ0n) is 14.7. The van der Waals surface area contributed by atoms with Crippen molar-refractivity contribution < 1.29 is 13.2 Å². The number of nitrogens with zero attached hydrogens (tertiary/aromatic N) is 4. The van der Waals surface area contributed by atoms with Gasteiger partial charge in [0.2, 0.25) is 10.0 Å². The number of thiazole rings is 1. The molecule has 1 amide bonds. The SMILES string of the molecule is C#CCn1c(=NC(=O)Cn2nc(C)cc2C)sc2cc(S(N)(=O)=O)ccc21. The summed E-state index contributed by atoms with van der Waals surface area (Å²) in [4.78, 5) is 16.9. The van der Waals surface area contributed by atoms with Gasteiger partial charge in [0.25, 0.3) is 5.91 Å². The van der Waals surface area contributed by atoms with Gasteiger partial charge in [0.1, 0.15) is 6.54 Å². The molecule has 0 atom stereocenters. The number of amides is 1. The highest BCUT2D eigenvalue weighted by molar-refractivity contribution is 7.89. The molecule has 2 N–H and O–H groups in total. The molecule has 0 unspecified atom stereocenters. The number of carbonyl (C=O) groups excluding carboxylic acids is 1. The second-order valence-electron chi connectivity index (χ2n) is 5.94.